The molecule has 0 radical (unpaired) electrons. The largest absolute Gasteiger partial charge is 0.382 e. The van der Waals surface area contributed by atoms with Crippen LogP contribution in [0.1, 0.15) is 17.4 Å². The maximum atomic E-state index is 10.1. The Morgan fingerprint density at radius 2 is 1.88 bits per heavy atom. The van der Waals surface area contributed by atoms with Gasteiger partial charge < -0.3 is 10.8 Å². The van der Waals surface area contributed by atoms with Crippen molar-refractivity contribution in [2.45, 2.75) is 6.10 Å². The maximum absolute atomic E-state index is 10.1. The number of aliphatic hydroxyl groups excluding tert-OH is 1. The zero-order valence-corrected chi connectivity index (χ0v) is 9.92. The van der Waals surface area contributed by atoms with E-state index in [9.17, 15) is 5.11 Å². The highest BCUT2D eigenvalue weighted by atomic mass is 79.9. The molecule has 4 nitrogen and oxygen atoms in total. The summed E-state index contributed by atoms with van der Waals surface area (Å²) in [5.41, 5.74) is 6.75. The van der Waals surface area contributed by atoms with Crippen LogP contribution in [0.4, 0.5) is 5.82 Å². The fourth-order valence-electron chi connectivity index (χ4n) is 1.41. The van der Waals surface area contributed by atoms with Gasteiger partial charge in [-0.2, -0.15) is 0 Å². The Morgan fingerprint density at radius 1 is 1.19 bits per heavy atom. The number of aliphatic hydroxyl groups is 1. The molecule has 0 spiro atoms. The Morgan fingerprint density at radius 3 is 2.56 bits per heavy atom. The summed E-state index contributed by atoms with van der Waals surface area (Å²) in [6.45, 7) is 0. The molecule has 0 aliphatic carbocycles. The van der Waals surface area contributed by atoms with Crippen LogP contribution in [0.2, 0.25) is 0 Å². The molecule has 1 heterocycles. The zero-order valence-electron chi connectivity index (χ0n) is 8.34. The standard InChI is InChI=1S/C11H10BrN3O/c12-8-4-2-1-3-7(8)10(16)9-11(13)15-6-5-14-9/h1-6,10,16H,(H2,13,15). The Balaban J connectivity index is 2.44. The predicted molar refractivity (Wildman–Crippen MR) is 64.6 cm³/mol. The number of nitrogen functional groups attached to an aromatic ring is 1. The van der Waals surface area contributed by atoms with Gasteiger partial charge in [-0.1, -0.05) is 34.1 Å². The monoisotopic (exact) mass is 279 g/mol. The second-order valence-corrected chi connectivity index (χ2v) is 4.11. The molecule has 16 heavy (non-hydrogen) atoms. The van der Waals surface area contributed by atoms with Gasteiger partial charge in [0.15, 0.2) is 0 Å². The lowest BCUT2D eigenvalue weighted by Crippen LogP contribution is -2.08. The lowest BCUT2D eigenvalue weighted by molar-refractivity contribution is 0.215. The molecule has 1 aromatic heterocycles. The third-order valence-corrected chi connectivity index (χ3v) is 2.94. The molecule has 3 N–H and O–H groups in total. The molecule has 2 aromatic rings. The average molecular weight is 280 g/mol. The number of hydrogen-bond acceptors (Lipinski definition) is 4. The Hall–Kier alpha value is -1.46. The summed E-state index contributed by atoms with van der Waals surface area (Å²) in [5.74, 6) is 0.241. The van der Waals surface area contributed by atoms with Crippen molar-refractivity contribution in [1.82, 2.24) is 9.97 Å². The minimum atomic E-state index is -0.871. The first-order valence-electron chi connectivity index (χ1n) is 4.69. The minimum absolute atomic E-state index is 0.241. The fraction of sp³-hybridized carbons (Fsp3) is 0.0909. The average Bonchev–Trinajstić information content (AvgIpc) is 2.29. The second-order valence-electron chi connectivity index (χ2n) is 3.25. The summed E-state index contributed by atoms with van der Waals surface area (Å²) in [4.78, 5) is 7.93. The van der Waals surface area contributed by atoms with E-state index in [-0.39, 0.29) is 5.82 Å². The number of aromatic nitrogens is 2. The van der Waals surface area contributed by atoms with Gasteiger partial charge in [-0.3, -0.25) is 4.98 Å². The topological polar surface area (TPSA) is 72.0 Å². The normalized spacial score (nSPS) is 12.4. The zero-order chi connectivity index (χ0) is 11.5. The Kier molecular flexibility index (Phi) is 3.17. The van der Waals surface area contributed by atoms with E-state index in [0.29, 0.717) is 5.69 Å². The van der Waals surface area contributed by atoms with E-state index in [4.69, 9.17) is 5.73 Å². The molecule has 1 aromatic carbocycles. The first kappa shape index (κ1) is 11.0. The lowest BCUT2D eigenvalue weighted by Gasteiger charge is -2.13. The maximum Gasteiger partial charge on any atom is 0.148 e. The Labute approximate surface area is 101 Å². The van der Waals surface area contributed by atoms with Crippen molar-refractivity contribution in [3.05, 3.63) is 52.4 Å². The van der Waals surface area contributed by atoms with E-state index in [1.54, 1.807) is 0 Å². The molecule has 0 saturated heterocycles. The van der Waals surface area contributed by atoms with Crippen molar-refractivity contribution < 1.29 is 5.11 Å². The molecule has 0 aliphatic rings. The van der Waals surface area contributed by atoms with Gasteiger partial charge in [-0.15, -0.1) is 0 Å². The molecule has 1 atom stereocenters. The SMILES string of the molecule is Nc1nccnc1C(O)c1ccccc1Br. The van der Waals surface area contributed by atoms with Gasteiger partial charge in [-0.05, 0) is 6.07 Å². The molecule has 0 aliphatic heterocycles. The summed E-state index contributed by atoms with van der Waals surface area (Å²) in [7, 11) is 0. The smallest absolute Gasteiger partial charge is 0.148 e. The van der Waals surface area contributed by atoms with Crippen LogP contribution in [-0.2, 0) is 0 Å². The van der Waals surface area contributed by atoms with Gasteiger partial charge in [0.25, 0.3) is 0 Å². The van der Waals surface area contributed by atoms with Crippen LogP contribution in [0.5, 0.6) is 0 Å². The van der Waals surface area contributed by atoms with Crippen molar-refractivity contribution in [2.24, 2.45) is 0 Å². The summed E-state index contributed by atoms with van der Waals surface area (Å²) in [6.07, 6.45) is 2.13. The molecule has 0 amide bonds. The van der Waals surface area contributed by atoms with Gasteiger partial charge in [0.1, 0.15) is 17.6 Å². The highest BCUT2D eigenvalue weighted by Gasteiger charge is 2.17. The van der Waals surface area contributed by atoms with Gasteiger partial charge in [0.05, 0.1) is 0 Å². The van der Waals surface area contributed by atoms with Crippen LogP contribution < -0.4 is 5.73 Å². The van der Waals surface area contributed by atoms with Crippen LogP contribution >= 0.6 is 15.9 Å². The van der Waals surface area contributed by atoms with E-state index in [2.05, 4.69) is 25.9 Å². The van der Waals surface area contributed by atoms with Crippen LogP contribution in [0.15, 0.2) is 41.1 Å². The molecular weight excluding hydrogens is 270 g/mol. The van der Waals surface area contributed by atoms with E-state index < -0.39 is 6.10 Å². The molecule has 0 bridgehead atoms. The van der Waals surface area contributed by atoms with Gasteiger partial charge >= 0.3 is 0 Å². The van der Waals surface area contributed by atoms with Crippen LogP contribution in [0.3, 0.4) is 0 Å². The van der Waals surface area contributed by atoms with Crippen molar-refractivity contribution >= 4 is 21.7 Å². The van der Waals surface area contributed by atoms with E-state index >= 15 is 0 Å². The fourth-order valence-corrected chi connectivity index (χ4v) is 1.92. The third kappa shape index (κ3) is 2.05. The molecule has 82 valence electrons. The van der Waals surface area contributed by atoms with Crippen molar-refractivity contribution in [3.8, 4) is 0 Å². The van der Waals surface area contributed by atoms with Crippen LogP contribution in [-0.4, -0.2) is 15.1 Å². The number of nitrogens with zero attached hydrogens (tertiary/aromatic N) is 2. The van der Waals surface area contributed by atoms with E-state index in [1.165, 1.54) is 12.4 Å². The first-order valence-corrected chi connectivity index (χ1v) is 5.48. The highest BCUT2D eigenvalue weighted by molar-refractivity contribution is 9.10. The minimum Gasteiger partial charge on any atom is -0.382 e. The summed E-state index contributed by atoms with van der Waals surface area (Å²) in [6, 6.07) is 7.38. The van der Waals surface area contributed by atoms with Crippen molar-refractivity contribution in [1.29, 1.82) is 0 Å². The van der Waals surface area contributed by atoms with Gasteiger partial charge in [0.2, 0.25) is 0 Å². The number of hydrogen-bond donors (Lipinski definition) is 2. The van der Waals surface area contributed by atoms with Crippen LogP contribution in [0, 0.1) is 0 Å². The third-order valence-electron chi connectivity index (χ3n) is 2.22. The molecule has 2 rings (SSSR count). The number of benzene rings is 1. The molecule has 1 unspecified atom stereocenters. The molecule has 0 saturated carbocycles. The van der Waals surface area contributed by atoms with Crippen LogP contribution in [0.25, 0.3) is 0 Å². The molecule has 0 fully saturated rings. The molecule has 5 heteroatoms. The quantitative estimate of drug-likeness (QED) is 0.881. The number of anilines is 1. The number of nitrogens with two attached hydrogens (primary N) is 1. The second kappa shape index (κ2) is 4.59. The van der Waals surface area contributed by atoms with E-state index in [0.717, 1.165) is 10.0 Å². The first-order chi connectivity index (χ1) is 7.70. The lowest BCUT2D eigenvalue weighted by atomic mass is 10.1. The summed E-state index contributed by atoms with van der Waals surface area (Å²) in [5, 5.41) is 10.1. The van der Waals surface area contributed by atoms with Gasteiger partial charge in [-0.25, -0.2) is 4.98 Å². The predicted octanol–water partition coefficient (Wildman–Crippen LogP) is 1.90. The molecular formula is C11H10BrN3O. The number of halogens is 1. The summed E-state index contributed by atoms with van der Waals surface area (Å²) >= 11 is 3.37. The van der Waals surface area contributed by atoms with Gasteiger partial charge in [0, 0.05) is 22.4 Å². The number of rotatable bonds is 2. The van der Waals surface area contributed by atoms with Crippen molar-refractivity contribution in [3.63, 3.8) is 0 Å². The Bertz CT molecular complexity index is 459. The van der Waals surface area contributed by atoms with E-state index in [1.807, 2.05) is 24.3 Å². The van der Waals surface area contributed by atoms with Crippen molar-refractivity contribution in [2.75, 3.05) is 5.73 Å². The highest BCUT2D eigenvalue weighted by Crippen LogP contribution is 2.28. The summed E-state index contributed by atoms with van der Waals surface area (Å²) < 4.78 is 0.813.